The number of unbranched alkanes of at least 4 members (excludes halogenated alkanes) is 1. The summed E-state index contributed by atoms with van der Waals surface area (Å²) in [5.74, 6) is 2.88. The summed E-state index contributed by atoms with van der Waals surface area (Å²) in [4.78, 5) is 0. The minimum atomic E-state index is 0.850. The molecule has 0 amide bonds. The average molecular weight is 189 g/mol. The molecule has 1 fully saturated rings. The zero-order valence-electron chi connectivity index (χ0n) is 8.19. The normalized spacial score (nSPS) is 30.5. The fraction of sp³-hybridized carbons (Fsp3) is 1.00. The molecule has 0 saturated heterocycles. The maximum absolute atomic E-state index is 5.64. The molecule has 0 aromatic carbocycles. The van der Waals surface area contributed by atoms with Crippen molar-refractivity contribution in [2.24, 2.45) is 11.8 Å². The summed E-state index contributed by atoms with van der Waals surface area (Å²) in [6.45, 7) is 2.38. The van der Waals surface area contributed by atoms with Gasteiger partial charge in [-0.3, -0.25) is 0 Å². The average Bonchev–Trinajstić information content (AvgIpc) is 2.09. The molecule has 12 heavy (non-hydrogen) atoms. The Morgan fingerprint density at radius 3 is 2.33 bits per heavy atom. The van der Waals surface area contributed by atoms with Crippen molar-refractivity contribution in [1.82, 2.24) is 0 Å². The van der Waals surface area contributed by atoms with Crippen molar-refractivity contribution >= 4 is 11.6 Å². The first-order chi connectivity index (χ1) is 5.83. The highest BCUT2D eigenvalue weighted by molar-refractivity contribution is 6.17. The van der Waals surface area contributed by atoms with Gasteiger partial charge in [-0.15, -0.1) is 11.6 Å². The van der Waals surface area contributed by atoms with Crippen LogP contribution in [0.1, 0.15) is 51.9 Å². The van der Waals surface area contributed by atoms with Gasteiger partial charge in [-0.2, -0.15) is 0 Å². The first kappa shape index (κ1) is 10.4. The lowest BCUT2D eigenvalue weighted by Gasteiger charge is -2.25. The Morgan fingerprint density at radius 1 is 1.08 bits per heavy atom. The van der Waals surface area contributed by atoms with Crippen molar-refractivity contribution in [2.75, 3.05) is 5.88 Å². The molecule has 0 aliphatic heterocycles. The van der Waals surface area contributed by atoms with Crippen LogP contribution in [0.25, 0.3) is 0 Å². The highest BCUT2D eigenvalue weighted by Gasteiger charge is 2.17. The fourth-order valence-electron chi connectivity index (χ4n) is 2.15. The first-order valence-electron chi connectivity index (χ1n) is 5.39. The van der Waals surface area contributed by atoms with Crippen LogP contribution < -0.4 is 0 Å². The van der Waals surface area contributed by atoms with Gasteiger partial charge in [0.05, 0.1) is 0 Å². The lowest BCUT2D eigenvalue weighted by molar-refractivity contribution is 0.273. The van der Waals surface area contributed by atoms with Crippen LogP contribution in [-0.4, -0.2) is 5.88 Å². The van der Waals surface area contributed by atoms with E-state index in [9.17, 15) is 0 Å². The summed E-state index contributed by atoms with van der Waals surface area (Å²) < 4.78 is 0. The van der Waals surface area contributed by atoms with Crippen molar-refractivity contribution in [3.8, 4) is 0 Å². The maximum Gasteiger partial charge on any atom is 0.0223 e. The van der Waals surface area contributed by atoms with Gasteiger partial charge in [-0.05, 0) is 18.3 Å². The Kier molecular flexibility index (Phi) is 5.06. The molecule has 1 aliphatic rings. The van der Waals surface area contributed by atoms with Gasteiger partial charge < -0.3 is 0 Å². The number of alkyl halides is 1. The topological polar surface area (TPSA) is 0 Å². The van der Waals surface area contributed by atoms with Gasteiger partial charge in [-0.25, -0.2) is 0 Å². The second kappa shape index (κ2) is 5.85. The Morgan fingerprint density at radius 2 is 1.75 bits per heavy atom. The summed E-state index contributed by atoms with van der Waals surface area (Å²) >= 11 is 5.64. The van der Waals surface area contributed by atoms with E-state index < -0.39 is 0 Å². The molecular formula is C11H21Cl. The van der Waals surface area contributed by atoms with Crippen LogP contribution in [-0.2, 0) is 0 Å². The van der Waals surface area contributed by atoms with Crippen molar-refractivity contribution < 1.29 is 0 Å². The van der Waals surface area contributed by atoms with Gasteiger partial charge in [0, 0.05) is 5.88 Å². The molecule has 0 unspecified atom stereocenters. The minimum Gasteiger partial charge on any atom is -0.127 e. The third-order valence-corrected chi connectivity index (χ3v) is 3.40. The smallest absolute Gasteiger partial charge is 0.0223 e. The van der Waals surface area contributed by atoms with Gasteiger partial charge in [0.15, 0.2) is 0 Å². The van der Waals surface area contributed by atoms with E-state index in [1.165, 1.54) is 44.9 Å². The standard InChI is InChI=1S/C11H21Cl/c1-10-5-7-11(8-6-10)4-2-3-9-12/h10-11H,2-9H2,1H3. The predicted octanol–water partition coefficient (Wildman–Crippen LogP) is 4.22. The molecule has 1 rings (SSSR count). The van der Waals surface area contributed by atoms with Gasteiger partial charge >= 0.3 is 0 Å². The molecule has 0 aromatic rings. The van der Waals surface area contributed by atoms with E-state index in [0.29, 0.717) is 0 Å². The molecule has 0 bridgehead atoms. The Labute approximate surface area is 81.7 Å². The fourth-order valence-corrected chi connectivity index (χ4v) is 2.33. The molecule has 0 nitrogen and oxygen atoms in total. The van der Waals surface area contributed by atoms with Crippen molar-refractivity contribution in [1.29, 1.82) is 0 Å². The van der Waals surface area contributed by atoms with E-state index in [1.54, 1.807) is 0 Å². The van der Waals surface area contributed by atoms with E-state index in [2.05, 4.69) is 6.92 Å². The summed E-state index contributed by atoms with van der Waals surface area (Å²) in [6.07, 6.45) is 9.87. The molecule has 0 heterocycles. The van der Waals surface area contributed by atoms with E-state index in [4.69, 9.17) is 11.6 Å². The minimum absolute atomic E-state index is 0.850. The van der Waals surface area contributed by atoms with Crippen LogP contribution in [0.15, 0.2) is 0 Å². The molecule has 0 N–H and O–H groups in total. The van der Waals surface area contributed by atoms with Crippen LogP contribution in [0.2, 0.25) is 0 Å². The quantitative estimate of drug-likeness (QED) is 0.458. The summed E-state index contributed by atoms with van der Waals surface area (Å²) in [5, 5.41) is 0. The van der Waals surface area contributed by atoms with Gasteiger partial charge in [-0.1, -0.05) is 45.4 Å². The van der Waals surface area contributed by atoms with Crippen LogP contribution in [0.3, 0.4) is 0 Å². The molecular weight excluding hydrogens is 168 g/mol. The summed E-state index contributed by atoms with van der Waals surface area (Å²) in [7, 11) is 0. The van der Waals surface area contributed by atoms with Crippen LogP contribution in [0, 0.1) is 11.8 Å². The van der Waals surface area contributed by atoms with E-state index in [-0.39, 0.29) is 0 Å². The van der Waals surface area contributed by atoms with E-state index in [0.717, 1.165) is 17.7 Å². The Balaban J connectivity index is 2.01. The van der Waals surface area contributed by atoms with Crippen molar-refractivity contribution in [3.05, 3.63) is 0 Å². The zero-order valence-corrected chi connectivity index (χ0v) is 8.95. The zero-order chi connectivity index (χ0) is 8.81. The van der Waals surface area contributed by atoms with Crippen molar-refractivity contribution in [2.45, 2.75) is 51.9 Å². The van der Waals surface area contributed by atoms with Crippen LogP contribution >= 0.6 is 11.6 Å². The number of halogens is 1. The van der Waals surface area contributed by atoms with Gasteiger partial charge in [0.25, 0.3) is 0 Å². The molecule has 0 atom stereocenters. The monoisotopic (exact) mass is 188 g/mol. The van der Waals surface area contributed by atoms with Crippen molar-refractivity contribution in [3.63, 3.8) is 0 Å². The molecule has 1 aliphatic carbocycles. The van der Waals surface area contributed by atoms with E-state index >= 15 is 0 Å². The summed E-state index contributed by atoms with van der Waals surface area (Å²) in [5.41, 5.74) is 0. The highest BCUT2D eigenvalue weighted by Crippen LogP contribution is 2.31. The van der Waals surface area contributed by atoms with Crippen LogP contribution in [0.4, 0.5) is 0 Å². The first-order valence-corrected chi connectivity index (χ1v) is 5.92. The highest BCUT2D eigenvalue weighted by atomic mass is 35.5. The molecule has 0 aromatic heterocycles. The van der Waals surface area contributed by atoms with E-state index in [1.807, 2.05) is 0 Å². The second-order valence-corrected chi connectivity index (χ2v) is 4.69. The third kappa shape index (κ3) is 3.80. The van der Waals surface area contributed by atoms with Gasteiger partial charge in [0.2, 0.25) is 0 Å². The Bertz CT molecular complexity index is 104. The molecule has 72 valence electrons. The largest absolute Gasteiger partial charge is 0.127 e. The molecule has 0 radical (unpaired) electrons. The predicted molar refractivity (Wildman–Crippen MR) is 55.7 cm³/mol. The SMILES string of the molecule is CC1CCC(CCCCCl)CC1. The molecule has 1 heteroatoms. The number of rotatable bonds is 4. The van der Waals surface area contributed by atoms with Crippen LogP contribution in [0.5, 0.6) is 0 Å². The number of hydrogen-bond acceptors (Lipinski definition) is 0. The Hall–Kier alpha value is 0.290. The maximum atomic E-state index is 5.64. The third-order valence-electron chi connectivity index (χ3n) is 3.13. The molecule has 1 saturated carbocycles. The molecule has 0 spiro atoms. The number of hydrogen-bond donors (Lipinski definition) is 0. The second-order valence-electron chi connectivity index (χ2n) is 4.31. The summed E-state index contributed by atoms with van der Waals surface area (Å²) in [6, 6.07) is 0. The van der Waals surface area contributed by atoms with Gasteiger partial charge in [0.1, 0.15) is 0 Å². The lowest BCUT2D eigenvalue weighted by atomic mass is 9.81. The lowest BCUT2D eigenvalue weighted by Crippen LogP contribution is -2.12.